The van der Waals surface area contributed by atoms with Crippen LogP contribution in [0.5, 0.6) is 0 Å². The predicted octanol–water partition coefficient (Wildman–Crippen LogP) is 13.7. The average molecular weight is 664 g/mol. The van der Waals surface area contributed by atoms with Crippen LogP contribution in [-0.2, 0) is 5.41 Å². The molecule has 2 aliphatic rings. The number of para-hydroxylation sites is 2. The van der Waals surface area contributed by atoms with Gasteiger partial charge in [0, 0.05) is 21.9 Å². The van der Waals surface area contributed by atoms with Gasteiger partial charge in [0.15, 0.2) is 0 Å². The van der Waals surface area contributed by atoms with E-state index in [4.69, 9.17) is 4.42 Å². The SMILES string of the molecule is CC12c3cccc(-c4ccccc4)c3-c3cccc(c31)N(c1ccccc1-c1ccccc1)c1c2ccc2oc3c(-c4ccccc4)cccc3c12. The molecule has 0 amide bonds. The van der Waals surface area contributed by atoms with Crippen molar-refractivity contribution in [2.45, 2.75) is 12.3 Å². The quantitative estimate of drug-likeness (QED) is 0.186. The van der Waals surface area contributed by atoms with Crippen LogP contribution >= 0.6 is 0 Å². The van der Waals surface area contributed by atoms with E-state index in [1.807, 2.05) is 0 Å². The zero-order valence-electron chi connectivity index (χ0n) is 28.7. The van der Waals surface area contributed by atoms with Crippen LogP contribution in [0.25, 0.3) is 66.4 Å². The van der Waals surface area contributed by atoms with E-state index in [0.717, 1.165) is 38.8 Å². The van der Waals surface area contributed by atoms with E-state index in [0.29, 0.717) is 0 Å². The Bertz CT molecular complexity index is 2850. The minimum atomic E-state index is -0.408. The highest BCUT2D eigenvalue weighted by Gasteiger charge is 2.50. The van der Waals surface area contributed by atoms with Gasteiger partial charge in [-0.3, -0.25) is 0 Å². The van der Waals surface area contributed by atoms with Gasteiger partial charge in [-0.05, 0) is 75.2 Å². The van der Waals surface area contributed by atoms with Gasteiger partial charge in [0.05, 0.1) is 22.4 Å². The standard InChI is InChI=1S/C50H33NO/c1-50-40-27-14-23-36(33-18-7-3-8-19-33)45(40)38-25-15-29-43(47(38)50)51(42-28-12-11-22-35(42)32-16-5-2-6-17-32)48-41(50)30-31-44-46(48)39-26-13-24-37(49(39)52-44)34-20-9-4-10-21-34/h2-31H,1H3. The molecule has 2 nitrogen and oxygen atoms in total. The lowest BCUT2D eigenvalue weighted by Crippen LogP contribution is -2.32. The molecule has 11 rings (SSSR count). The Kier molecular flexibility index (Phi) is 6.12. The zero-order chi connectivity index (χ0) is 34.4. The molecule has 0 radical (unpaired) electrons. The Balaban J connectivity index is 1.29. The summed E-state index contributed by atoms with van der Waals surface area (Å²) < 4.78 is 6.93. The molecule has 1 atom stereocenters. The van der Waals surface area contributed by atoms with E-state index < -0.39 is 5.41 Å². The molecule has 9 aromatic rings. The van der Waals surface area contributed by atoms with Crippen LogP contribution in [0.15, 0.2) is 186 Å². The van der Waals surface area contributed by atoms with Crippen molar-refractivity contribution in [1.82, 2.24) is 0 Å². The number of nitrogens with zero attached hydrogens (tertiary/aromatic N) is 1. The summed E-state index contributed by atoms with van der Waals surface area (Å²) in [4.78, 5) is 2.54. The topological polar surface area (TPSA) is 16.4 Å². The highest BCUT2D eigenvalue weighted by atomic mass is 16.3. The number of rotatable bonds is 4. The number of fused-ring (bicyclic) bond motifs is 9. The third-order valence-corrected chi connectivity index (χ3v) is 11.5. The molecular formula is C50H33NO. The summed E-state index contributed by atoms with van der Waals surface area (Å²) in [7, 11) is 0. The van der Waals surface area contributed by atoms with Crippen molar-refractivity contribution < 1.29 is 4.42 Å². The first-order valence-corrected chi connectivity index (χ1v) is 18.0. The number of hydrogen-bond acceptors (Lipinski definition) is 2. The third-order valence-electron chi connectivity index (χ3n) is 11.5. The van der Waals surface area contributed by atoms with Crippen molar-refractivity contribution in [3.05, 3.63) is 199 Å². The van der Waals surface area contributed by atoms with Crippen LogP contribution in [0.4, 0.5) is 17.1 Å². The molecule has 2 heteroatoms. The molecule has 0 saturated heterocycles. The van der Waals surface area contributed by atoms with E-state index >= 15 is 0 Å². The van der Waals surface area contributed by atoms with Crippen molar-refractivity contribution in [3.8, 4) is 44.5 Å². The van der Waals surface area contributed by atoms with Crippen LogP contribution in [0.3, 0.4) is 0 Å². The van der Waals surface area contributed by atoms with Crippen LogP contribution in [0.1, 0.15) is 23.6 Å². The largest absolute Gasteiger partial charge is 0.455 e. The summed E-state index contributed by atoms with van der Waals surface area (Å²) in [6.45, 7) is 2.44. The number of benzene rings is 8. The molecule has 1 unspecified atom stereocenters. The Morgan fingerprint density at radius 1 is 0.442 bits per heavy atom. The first kappa shape index (κ1) is 29.1. The molecule has 1 aliphatic heterocycles. The van der Waals surface area contributed by atoms with E-state index in [2.05, 4.69) is 194 Å². The molecule has 0 saturated carbocycles. The fourth-order valence-electron chi connectivity index (χ4n) is 9.25. The summed E-state index contributed by atoms with van der Waals surface area (Å²) in [6.07, 6.45) is 0. The smallest absolute Gasteiger partial charge is 0.143 e. The normalized spacial score (nSPS) is 15.4. The third kappa shape index (κ3) is 3.89. The predicted molar refractivity (Wildman–Crippen MR) is 216 cm³/mol. The first-order valence-electron chi connectivity index (χ1n) is 18.0. The Morgan fingerprint density at radius 2 is 1.00 bits per heavy atom. The first-order chi connectivity index (χ1) is 25.7. The van der Waals surface area contributed by atoms with E-state index in [9.17, 15) is 0 Å². The maximum absolute atomic E-state index is 6.93. The second-order valence-electron chi connectivity index (χ2n) is 14.1. The van der Waals surface area contributed by atoms with Crippen molar-refractivity contribution >= 4 is 39.0 Å². The number of hydrogen-bond donors (Lipinski definition) is 0. The molecule has 1 aliphatic carbocycles. The summed E-state index contributed by atoms with van der Waals surface area (Å²) in [6, 6.07) is 66.0. The van der Waals surface area contributed by atoms with Crippen LogP contribution in [0, 0.1) is 0 Å². The molecule has 0 N–H and O–H groups in total. The van der Waals surface area contributed by atoms with Gasteiger partial charge in [0.1, 0.15) is 11.2 Å². The van der Waals surface area contributed by atoms with Crippen molar-refractivity contribution in [2.75, 3.05) is 4.90 Å². The monoisotopic (exact) mass is 663 g/mol. The lowest BCUT2D eigenvalue weighted by molar-refractivity contribution is 0.667. The zero-order valence-corrected chi connectivity index (χ0v) is 28.7. The van der Waals surface area contributed by atoms with Crippen molar-refractivity contribution in [1.29, 1.82) is 0 Å². The van der Waals surface area contributed by atoms with Gasteiger partial charge < -0.3 is 9.32 Å². The molecule has 0 fully saturated rings. The highest BCUT2D eigenvalue weighted by molar-refractivity contribution is 6.19. The van der Waals surface area contributed by atoms with Gasteiger partial charge in [0.2, 0.25) is 0 Å². The molecule has 0 spiro atoms. The number of anilines is 3. The second-order valence-corrected chi connectivity index (χ2v) is 14.1. The van der Waals surface area contributed by atoms with Gasteiger partial charge in [-0.2, -0.15) is 0 Å². The fourth-order valence-corrected chi connectivity index (χ4v) is 9.25. The Labute approximate surface area is 302 Å². The fraction of sp³-hybridized carbons (Fsp3) is 0.0400. The summed E-state index contributed by atoms with van der Waals surface area (Å²) >= 11 is 0. The van der Waals surface area contributed by atoms with Gasteiger partial charge >= 0.3 is 0 Å². The molecule has 2 heterocycles. The van der Waals surface area contributed by atoms with Crippen molar-refractivity contribution in [2.24, 2.45) is 0 Å². The summed E-state index contributed by atoms with van der Waals surface area (Å²) in [5.41, 5.74) is 18.6. The van der Waals surface area contributed by atoms with E-state index in [-0.39, 0.29) is 0 Å². The maximum Gasteiger partial charge on any atom is 0.143 e. The van der Waals surface area contributed by atoms with Gasteiger partial charge in [0.25, 0.3) is 0 Å². The Hall–Kier alpha value is -6.64. The maximum atomic E-state index is 6.93. The lowest BCUT2D eigenvalue weighted by atomic mass is 9.69. The van der Waals surface area contributed by atoms with Crippen LogP contribution in [0.2, 0.25) is 0 Å². The minimum absolute atomic E-state index is 0.408. The lowest BCUT2D eigenvalue weighted by Gasteiger charge is -2.43. The van der Waals surface area contributed by atoms with Gasteiger partial charge in [-0.25, -0.2) is 0 Å². The molecule has 8 aromatic carbocycles. The molecule has 0 bridgehead atoms. The van der Waals surface area contributed by atoms with Crippen LogP contribution < -0.4 is 4.90 Å². The minimum Gasteiger partial charge on any atom is -0.455 e. The van der Waals surface area contributed by atoms with Gasteiger partial charge in [-0.1, -0.05) is 164 Å². The van der Waals surface area contributed by atoms with E-state index in [1.165, 1.54) is 61.4 Å². The number of furan rings is 1. The molecule has 52 heavy (non-hydrogen) atoms. The summed E-state index contributed by atoms with van der Waals surface area (Å²) in [5.74, 6) is 0. The van der Waals surface area contributed by atoms with E-state index in [1.54, 1.807) is 0 Å². The molecular weight excluding hydrogens is 631 g/mol. The molecule has 1 aromatic heterocycles. The van der Waals surface area contributed by atoms with Gasteiger partial charge in [-0.15, -0.1) is 0 Å². The van der Waals surface area contributed by atoms with Crippen molar-refractivity contribution in [3.63, 3.8) is 0 Å². The van der Waals surface area contributed by atoms with Crippen LogP contribution in [-0.4, -0.2) is 0 Å². The molecule has 244 valence electrons. The second kappa shape index (κ2) is 10.9. The Morgan fingerprint density at radius 3 is 1.75 bits per heavy atom. The average Bonchev–Trinajstić information content (AvgIpc) is 3.73. The summed E-state index contributed by atoms with van der Waals surface area (Å²) in [5, 5.41) is 2.26. The highest BCUT2D eigenvalue weighted by Crippen LogP contribution is 2.65.